The molecule has 0 aliphatic carbocycles. The smallest absolute Gasteiger partial charge is 0.407 e. The minimum atomic E-state index is -4.39. The fourth-order valence-corrected chi connectivity index (χ4v) is 1.83. The van der Waals surface area contributed by atoms with E-state index in [4.69, 9.17) is 9.31 Å². The molecule has 1 aromatic carbocycles. The summed E-state index contributed by atoms with van der Waals surface area (Å²) in [4.78, 5) is 0. The van der Waals surface area contributed by atoms with Crippen molar-refractivity contribution in [3.63, 3.8) is 0 Å². The normalized spacial score (nSPS) is 19.9. The molecule has 0 bridgehead atoms. The first-order valence-electron chi connectivity index (χ1n) is 5.69. The molecule has 1 fully saturated rings. The number of alkyl halides is 3. The molecule has 0 amide bonds. The summed E-state index contributed by atoms with van der Waals surface area (Å²) in [5, 5.41) is 0. The maximum absolute atomic E-state index is 12.8. The van der Waals surface area contributed by atoms with E-state index in [0.29, 0.717) is 13.2 Å². The number of rotatable bonds is 1. The van der Waals surface area contributed by atoms with Crippen LogP contribution in [0.15, 0.2) is 24.3 Å². The van der Waals surface area contributed by atoms with E-state index in [-0.39, 0.29) is 10.9 Å². The van der Waals surface area contributed by atoms with E-state index >= 15 is 0 Å². The van der Waals surface area contributed by atoms with E-state index in [9.17, 15) is 13.2 Å². The summed E-state index contributed by atoms with van der Waals surface area (Å²) in [5.74, 6) is 0. The lowest BCUT2D eigenvalue weighted by Gasteiger charge is -2.33. The molecule has 2 rings (SSSR count). The van der Waals surface area contributed by atoms with E-state index in [1.165, 1.54) is 12.1 Å². The van der Waals surface area contributed by atoms with Gasteiger partial charge in [-0.15, -0.1) is 0 Å². The first-order chi connectivity index (χ1) is 8.30. The van der Waals surface area contributed by atoms with E-state index in [0.717, 1.165) is 6.07 Å². The van der Waals surface area contributed by atoms with Crippen LogP contribution in [0.25, 0.3) is 0 Å². The summed E-state index contributed by atoms with van der Waals surface area (Å²) >= 11 is 0. The van der Waals surface area contributed by atoms with Crippen molar-refractivity contribution in [1.82, 2.24) is 0 Å². The largest absolute Gasteiger partial charge is 0.494 e. The Bertz CT molecular complexity index is 422. The summed E-state index contributed by atoms with van der Waals surface area (Å²) in [7, 11) is -0.934. The van der Waals surface area contributed by atoms with Crippen LogP contribution in [0.2, 0.25) is 0 Å². The second-order valence-corrected chi connectivity index (χ2v) is 5.20. The van der Waals surface area contributed by atoms with Gasteiger partial charge in [-0.3, -0.25) is 0 Å². The molecule has 1 aromatic rings. The van der Waals surface area contributed by atoms with Crippen LogP contribution in [0.3, 0.4) is 0 Å². The van der Waals surface area contributed by atoms with Crippen LogP contribution in [0, 0.1) is 5.41 Å². The molecule has 18 heavy (non-hydrogen) atoms. The van der Waals surface area contributed by atoms with Gasteiger partial charge in [-0.25, -0.2) is 0 Å². The summed E-state index contributed by atoms with van der Waals surface area (Å²) in [6.45, 7) is 4.64. The Kier molecular flexibility index (Phi) is 3.42. The van der Waals surface area contributed by atoms with Crippen molar-refractivity contribution in [2.75, 3.05) is 13.2 Å². The van der Waals surface area contributed by atoms with Gasteiger partial charge < -0.3 is 9.31 Å². The van der Waals surface area contributed by atoms with Crippen LogP contribution >= 0.6 is 0 Å². The number of halogens is 3. The van der Waals surface area contributed by atoms with Gasteiger partial charge in [0.2, 0.25) is 0 Å². The zero-order valence-corrected chi connectivity index (χ0v) is 10.3. The number of hydrogen-bond acceptors (Lipinski definition) is 2. The molecular formula is C12H14BF3O2. The predicted molar refractivity (Wildman–Crippen MR) is 62.5 cm³/mol. The first kappa shape index (κ1) is 13.4. The fraction of sp³-hybridized carbons (Fsp3) is 0.500. The van der Waals surface area contributed by atoms with Crippen LogP contribution in [0.1, 0.15) is 19.4 Å². The molecule has 0 spiro atoms. The maximum Gasteiger partial charge on any atom is 0.494 e. The predicted octanol–water partition coefficient (Wildman–Crippen LogP) is 2.47. The standard InChI is InChI=1S/C12H14BF3O2/c1-11(2)7-17-13(18-8-11)10-6-4-3-5-9(10)12(14,15)16/h3-6H,7-8H2,1-2H3. The van der Waals surface area contributed by atoms with Gasteiger partial charge in [0.1, 0.15) is 0 Å². The van der Waals surface area contributed by atoms with Gasteiger partial charge in [0.15, 0.2) is 0 Å². The van der Waals surface area contributed by atoms with Gasteiger partial charge in [0.25, 0.3) is 0 Å². The van der Waals surface area contributed by atoms with E-state index in [1.807, 2.05) is 13.8 Å². The third-order valence-electron chi connectivity index (χ3n) is 2.77. The first-order valence-corrected chi connectivity index (χ1v) is 5.69. The van der Waals surface area contributed by atoms with Gasteiger partial charge in [-0.1, -0.05) is 38.1 Å². The molecule has 0 radical (unpaired) electrons. The minimum Gasteiger partial charge on any atom is -0.407 e. The lowest BCUT2D eigenvalue weighted by molar-refractivity contribution is -0.137. The quantitative estimate of drug-likeness (QED) is 0.720. The second kappa shape index (κ2) is 4.59. The molecule has 0 unspecified atom stereocenters. The highest BCUT2D eigenvalue weighted by Gasteiger charge is 2.40. The molecule has 0 aromatic heterocycles. The van der Waals surface area contributed by atoms with Crippen LogP contribution in [0.4, 0.5) is 13.2 Å². The molecule has 1 heterocycles. The van der Waals surface area contributed by atoms with Crippen molar-refractivity contribution in [2.45, 2.75) is 20.0 Å². The summed E-state index contributed by atoms with van der Waals surface area (Å²) in [5.41, 5.74) is -0.820. The van der Waals surface area contributed by atoms with Gasteiger partial charge >= 0.3 is 13.3 Å². The minimum absolute atomic E-state index is 0.0421. The Morgan fingerprint density at radius 2 is 1.67 bits per heavy atom. The lowest BCUT2D eigenvalue weighted by Crippen LogP contribution is -2.49. The fourth-order valence-electron chi connectivity index (χ4n) is 1.83. The SMILES string of the molecule is CC1(C)COB(c2ccccc2C(F)(F)F)OC1. The van der Waals surface area contributed by atoms with Gasteiger partial charge in [-0.05, 0) is 5.46 Å². The molecular weight excluding hydrogens is 244 g/mol. The molecule has 1 aliphatic rings. The molecule has 2 nitrogen and oxygen atoms in total. The van der Waals surface area contributed by atoms with Gasteiger partial charge in [0.05, 0.1) is 5.56 Å². The molecule has 1 saturated heterocycles. The zero-order chi connectivity index (χ0) is 13.4. The Morgan fingerprint density at radius 3 is 2.22 bits per heavy atom. The number of benzene rings is 1. The summed E-state index contributed by atoms with van der Waals surface area (Å²) in [6, 6.07) is 5.35. The molecule has 0 saturated carbocycles. The molecule has 0 atom stereocenters. The topological polar surface area (TPSA) is 18.5 Å². The summed E-state index contributed by atoms with van der Waals surface area (Å²) in [6.07, 6.45) is -4.39. The van der Waals surface area contributed by atoms with Crippen molar-refractivity contribution in [3.8, 4) is 0 Å². The average molecular weight is 258 g/mol. The van der Waals surface area contributed by atoms with Crippen LogP contribution in [-0.2, 0) is 15.5 Å². The van der Waals surface area contributed by atoms with Crippen LogP contribution < -0.4 is 5.46 Å². The van der Waals surface area contributed by atoms with Gasteiger partial charge in [0, 0.05) is 18.6 Å². The van der Waals surface area contributed by atoms with Gasteiger partial charge in [-0.2, -0.15) is 13.2 Å². The number of hydrogen-bond donors (Lipinski definition) is 0. The molecule has 1 aliphatic heterocycles. The molecule has 0 N–H and O–H groups in total. The maximum atomic E-state index is 12.8. The Hall–Kier alpha value is -1.01. The van der Waals surface area contributed by atoms with Crippen molar-refractivity contribution < 1.29 is 22.5 Å². The highest BCUT2D eigenvalue weighted by atomic mass is 19.4. The zero-order valence-electron chi connectivity index (χ0n) is 10.3. The van der Waals surface area contributed by atoms with Crippen LogP contribution in [-0.4, -0.2) is 20.3 Å². The molecule has 98 valence electrons. The lowest BCUT2D eigenvalue weighted by atomic mass is 9.73. The highest BCUT2D eigenvalue weighted by molar-refractivity contribution is 6.62. The van der Waals surface area contributed by atoms with Crippen molar-refractivity contribution >= 4 is 12.6 Å². The van der Waals surface area contributed by atoms with Crippen LogP contribution in [0.5, 0.6) is 0 Å². The average Bonchev–Trinajstić information content (AvgIpc) is 2.28. The van der Waals surface area contributed by atoms with Crippen molar-refractivity contribution in [1.29, 1.82) is 0 Å². The van der Waals surface area contributed by atoms with E-state index in [2.05, 4.69) is 0 Å². The Morgan fingerprint density at radius 1 is 1.11 bits per heavy atom. The van der Waals surface area contributed by atoms with E-state index < -0.39 is 18.9 Å². The Labute approximate surface area is 104 Å². The highest BCUT2D eigenvalue weighted by Crippen LogP contribution is 2.29. The monoisotopic (exact) mass is 258 g/mol. The third kappa shape index (κ3) is 2.87. The second-order valence-electron chi connectivity index (χ2n) is 5.20. The molecule has 6 heteroatoms. The third-order valence-corrected chi connectivity index (χ3v) is 2.77. The Balaban J connectivity index is 2.25. The summed E-state index contributed by atoms with van der Waals surface area (Å²) < 4.78 is 49.3. The van der Waals surface area contributed by atoms with Crippen molar-refractivity contribution in [2.24, 2.45) is 5.41 Å². The van der Waals surface area contributed by atoms with Crippen molar-refractivity contribution in [3.05, 3.63) is 29.8 Å². The van der Waals surface area contributed by atoms with E-state index in [1.54, 1.807) is 6.07 Å².